The molecule has 8 rings (SSSR count). The van der Waals surface area contributed by atoms with E-state index in [1.165, 1.54) is 21.5 Å². The molecule has 5 amide bonds. The van der Waals surface area contributed by atoms with Crippen molar-refractivity contribution < 1.29 is 38.2 Å². The number of urea groups is 1. The zero-order valence-electron chi connectivity index (χ0n) is 43.2. The number of carbonyl (C=O) groups excluding carboxylic acids is 5. The molecule has 6 aliphatic rings. The number of aromatic nitrogens is 1. The van der Waals surface area contributed by atoms with Crippen molar-refractivity contribution >= 4 is 51.2 Å². The van der Waals surface area contributed by atoms with Crippen LogP contribution in [0.3, 0.4) is 0 Å². The van der Waals surface area contributed by atoms with E-state index in [0.717, 1.165) is 34.6 Å². The van der Waals surface area contributed by atoms with E-state index in [0.29, 0.717) is 65.0 Å². The summed E-state index contributed by atoms with van der Waals surface area (Å²) >= 11 is 0. The summed E-state index contributed by atoms with van der Waals surface area (Å²) in [5, 5.41) is 2.85. The van der Waals surface area contributed by atoms with Gasteiger partial charge in [-0.3, -0.25) is 34.1 Å². The molecule has 2 N–H and O–H groups in total. The number of ether oxygens (including phenoxy) is 3. The van der Waals surface area contributed by atoms with Gasteiger partial charge in [0.15, 0.2) is 0 Å². The number of carbonyl (C=O) groups is 5. The van der Waals surface area contributed by atoms with Gasteiger partial charge in [-0.05, 0) is 98.8 Å². The number of likely N-dealkylation sites (tertiary alicyclic amines) is 1. The Morgan fingerprint density at radius 3 is 2.52 bits per heavy atom. The van der Waals surface area contributed by atoms with E-state index in [2.05, 4.69) is 95.4 Å². The van der Waals surface area contributed by atoms with Crippen molar-refractivity contribution in [3.05, 3.63) is 77.6 Å². The topological polar surface area (TPSA) is 169 Å². The van der Waals surface area contributed by atoms with Crippen LogP contribution in [0.25, 0.3) is 5.57 Å². The van der Waals surface area contributed by atoms with Gasteiger partial charge in [0, 0.05) is 76.8 Å². The lowest BCUT2D eigenvalue weighted by atomic mass is 9.69. The molecule has 1 spiro atoms. The SMILES string of the molecule is C=CC(=O)N1CCOC2(C1)CN(C(=O)N(C)[C@H](C(=O)NC1([Si])CN3CCC=C(C3)c3ccc4c(c3)C(CC(C)(C)COC(=O)[C@@H]3CCCN(N3)C1=O)C(C)(c1cccnc1[C@H](C)OC)N4CC)C(C)C)C2. The number of anilines is 1. The average molecular weight is 993 g/mol. The molecule has 18 heteroatoms. The molecule has 383 valence electrons. The summed E-state index contributed by atoms with van der Waals surface area (Å²) in [6.07, 6.45) is 7.53. The fourth-order valence-electron chi connectivity index (χ4n) is 12.1. The van der Waals surface area contributed by atoms with E-state index in [1.807, 2.05) is 33.0 Å². The molecule has 1 aromatic heterocycles. The molecule has 71 heavy (non-hydrogen) atoms. The van der Waals surface area contributed by atoms with E-state index >= 15 is 4.79 Å². The molecule has 0 aliphatic carbocycles. The normalized spacial score (nSPS) is 28.2. The second-order valence-electron chi connectivity index (χ2n) is 21.8. The number of morpholine rings is 1. The van der Waals surface area contributed by atoms with E-state index in [9.17, 15) is 19.2 Å². The Kier molecular flexibility index (Phi) is 15.0. The number of benzene rings is 1. The zero-order chi connectivity index (χ0) is 51.2. The Morgan fingerprint density at radius 1 is 1.07 bits per heavy atom. The van der Waals surface area contributed by atoms with Crippen LogP contribution in [0, 0.1) is 11.3 Å². The lowest BCUT2D eigenvalue weighted by molar-refractivity contribution is -0.178. The third-order valence-corrected chi connectivity index (χ3v) is 16.3. The number of hydrogen-bond acceptors (Lipinski definition) is 12. The molecule has 0 saturated carbocycles. The van der Waals surface area contributed by atoms with Crippen LogP contribution < -0.4 is 15.6 Å². The minimum Gasteiger partial charge on any atom is -0.464 e. The standard InChI is InChI=1S/C53H74N9O8Si/c1-11-43(63)59-24-25-70-52(29-59)30-60(31-52)49(67)57(9)45(34(3)4)46(64)55-53(71)32-58-22-14-16-37(28-58)36-19-20-42-38(26-36)40(51(8,61(42)12-2)39-17-13-21-54-44(39)35(5)68-10)27-50(6,7)33-69-47(65)41-18-15-23-62(56-41)48(53)66/h11,13,16-17,19-21,26,34-35,40-41,45,56H,1,12,14-15,18,22-25,27-33H2,2-10H3,(H,55,64)/t35-,40?,41-,45-,51?,53?/m0/s1. The van der Waals surface area contributed by atoms with Gasteiger partial charge in [-0.2, -0.15) is 0 Å². The minimum atomic E-state index is -1.69. The zero-order valence-corrected chi connectivity index (χ0v) is 44.2. The molecular formula is C53H74N9O8Si. The molecule has 6 bridgehead atoms. The van der Waals surface area contributed by atoms with Crippen molar-refractivity contribution in [3.8, 4) is 0 Å². The Balaban J connectivity index is 1.11. The quantitative estimate of drug-likeness (QED) is 0.208. The molecule has 3 saturated heterocycles. The van der Waals surface area contributed by atoms with Crippen LogP contribution in [0.1, 0.15) is 109 Å². The largest absolute Gasteiger partial charge is 0.464 e. The average Bonchev–Trinajstić information content (AvgIpc) is 3.58. The molecule has 4 unspecified atom stereocenters. The molecular weight excluding hydrogens is 919 g/mol. The first kappa shape index (κ1) is 52.2. The number of nitrogens with one attached hydrogen (secondary N) is 2. The predicted octanol–water partition coefficient (Wildman–Crippen LogP) is 4.34. The van der Waals surface area contributed by atoms with Gasteiger partial charge in [0.1, 0.15) is 22.8 Å². The second-order valence-corrected chi connectivity index (χ2v) is 22.7. The van der Waals surface area contributed by atoms with Gasteiger partial charge in [0.25, 0.3) is 5.91 Å². The predicted molar refractivity (Wildman–Crippen MR) is 271 cm³/mol. The maximum Gasteiger partial charge on any atom is 0.324 e. The van der Waals surface area contributed by atoms with E-state index in [-0.39, 0.29) is 56.1 Å². The number of methoxy groups -OCH3 is 1. The highest BCUT2D eigenvalue weighted by molar-refractivity contribution is 6.30. The summed E-state index contributed by atoms with van der Waals surface area (Å²) in [4.78, 5) is 84.9. The molecule has 1 aromatic carbocycles. The third-order valence-electron chi connectivity index (χ3n) is 15.8. The third kappa shape index (κ3) is 10.0. The summed E-state index contributed by atoms with van der Waals surface area (Å²) in [5.41, 5.74) is 8.00. The summed E-state index contributed by atoms with van der Waals surface area (Å²) in [6, 6.07) is 8.80. The Hall–Kier alpha value is -5.14. The smallest absolute Gasteiger partial charge is 0.324 e. The first-order valence-corrected chi connectivity index (χ1v) is 25.9. The van der Waals surface area contributed by atoms with Crippen LogP contribution in [0.5, 0.6) is 0 Å². The van der Waals surface area contributed by atoms with Gasteiger partial charge < -0.3 is 39.1 Å². The summed E-state index contributed by atoms with van der Waals surface area (Å²) < 4.78 is 18.2. The van der Waals surface area contributed by atoms with Crippen molar-refractivity contribution in [3.63, 3.8) is 0 Å². The molecule has 2 aromatic rings. The van der Waals surface area contributed by atoms with Crippen LogP contribution in [-0.2, 0) is 38.9 Å². The van der Waals surface area contributed by atoms with Crippen molar-refractivity contribution in [1.29, 1.82) is 0 Å². The van der Waals surface area contributed by atoms with E-state index in [1.54, 1.807) is 24.0 Å². The number of fused-ring (bicyclic) bond motifs is 6. The fourth-order valence-corrected chi connectivity index (χ4v) is 12.6. The highest BCUT2D eigenvalue weighted by Crippen LogP contribution is 2.58. The number of amides is 5. The van der Waals surface area contributed by atoms with Crippen molar-refractivity contribution in [2.75, 3.05) is 91.2 Å². The lowest BCUT2D eigenvalue weighted by Gasteiger charge is -2.54. The molecule has 7 atom stereocenters. The van der Waals surface area contributed by atoms with Crippen molar-refractivity contribution in [2.45, 2.75) is 115 Å². The van der Waals surface area contributed by atoms with Crippen molar-refractivity contribution in [1.82, 2.24) is 40.3 Å². The molecule has 17 nitrogen and oxygen atoms in total. The highest BCUT2D eigenvalue weighted by Gasteiger charge is 2.54. The maximum atomic E-state index is 15.1. The molecule has 3 radical (unpaired) electrons. The number of pyridine rings is 1. The number of hydrogen-bond donors (Lipinski definition) is 2. The highest BCUT2D eigenvalue weighted by atomic mass is 28.1. The summed E-state index contributed by atoms with van der Waals surface area (Å²) in [7, 11) is 7.22. The minimum absolute atomic E-state index is 0.0385. The Labute approximate surface area is 423 Å². The first-order valence-electron chi connectivity index (χ1n) is 25.4. The molecule has 7 heterocycles. The molecule has 6 aliphatic heterocycles. The number of cyclic esters (lactones) is 1. The number of nitrogens with zero attached hydrogens (tertiary/aromatic N) is 7. The summed E-state index contributed by atoms with van der Waals surface area (Å²) in [5.74, 6) is -2.00. The van der Waals surface area contributed by atoms with Crippen LogP contribution in [0.15, 0.2) is 55.3 Å². The number of likely N-dealkylation sites (N-methyl/N-ethyl adjacent to an activating group) is 2. The van der Waals surface area contributed by atoms with Gasteiger partial charge in [0.2, 0.25) is 11.8 Å². The Bertz CT molecular complexity index is 2430. The van der Waals surface area contributed by atoms with E-state index in [4.69, 9.17) is 19.2 Å². The lowest BCUT2D eigenvalue weighted by Crippen LogP contribution is -2.74. The van der Waals surface area contributed by atoms with Gasteiger partial charge >= 0.3 is 12.0 Å². The van der Waals surface area contributed by atoms with E-state index < -0.39 is 51.6 Å². The van der Waals surface area contributed by atoms with Crippen LogP contribution in [-0.4, -0.2) is 179 Å². The van der Waals surface area contributed by atoms with Gasteiger partial charge in [-0.15, -0.1) is 0 Å². The maximum absolute atomic E-state index is 15.1. The summed E-state index contributed by atoms with van der Waals surface area (Å²) in [6.45, 7) is 22.2. The van der Waals surface area contributed by atoms with Crippen LogP contribution in [0.2, 0.25) is 0 Å². The first-order chi connectivity index (χ1) is 33.7. The van der Waals surface area contributed by atoms with Crippen LogP contribution >= 0.6 is 0 Å². The van der Waals surface area contributed by atoms with Crippen LogP contribution in [0.4, 0.5) is 10.5 Å². The van der Waals surface area contributed by atoms with Crippen molar-refractivity contribution in [2.24, 2.45) is 11.3 Å². The number of esters is 1. The van der Waals surface area contributed by atoms with Gasteiger partial charge in [-0.1, -0.05) is 52.5 Å². The number of hydrazine groups is 1. The number of rotatable bonds is 9. The monoisotopic (exact) mass is 993 g/mol. The van der Waals surface area contributed by atoms with Gasteiger partial charge in [0.05, 0.1) is 60.4 Å². The molecule has 3 fully saturated rings. The Morgan fingerprint density at radius 2 is 1.82 bits per heavy atom. The second kappa shape index (κ2) is 20.4. The fraction of sp³-hybridized carbons (Fsp3) is 0.623. The van der Waals surface area contributed by atoms with Gasteiger partial charge in [-0.25, -0.2) is 10.2 Å².